The summed E-state index contributed by atoms with van der Waals surface area (Å²) >= 11 is 1.64. The summed E-state index contributed by atoms with van der Waals surface area (Å²) in [6.07, 6.45) is 4.82. The highest BCUT2D eigenvalue weighted by molar-refractivity contribution is 8.00. The van der Waals surface area contributed by atoms with E-state index in [0.717, 1.165) is 23.7 Å². The largest absolute Gasteiger partial charge is 0.478 e. The number of nitrogens with two attached hydrogens (primary N) is 1. The Morgan fingerprint density at radius 3 is 2.89 bits per heavy atom. The SMILES string of the molecule is CC1CCCC(Sc2c(N)cccc2C(=O)O)C1. The molecule has 1 aliphatic rings. The number of carbonyl (C=O) groups is 1. The summed E-state index contributed by atoms with van der Waals surface area (Å²) < 4.78 is 0. The summed E-state index contributed by atoms with van der Waals surface area (Å²) in [6.45, 7) is 2.26. The van der Waals surface area contributed by atoms with Gasteiger partial charge in [-0.15, -0.1) is 11.8 Å². The van der Waals surface area contributed by atoms with Gasteiger partial charge in [-0.05, 0) is 30.9 Å². The van der Waals surface area contributed by atoms with E-state index in [1.54, 1.807) is 30.0 Å². The number of hydrogen-bond acceptors (Lipinski definition) is 3. The Morgan fingerprint density at radius 1 is 1.44 bits per heavy atom. The van der Waals surface area contributed by atoms with Crippen LogP contribution in [0.4, 0.5) is 5.69 Å². The molecule has 3 N–H and O–H groups in total. The van der Waals surface area contributed by atoms with Gasteiger partial charge < -0.3 is 10.8 Å². The Balaban J connectivity index is 2.20. The predicted octanol–water partition coefficient (Wildman–Crippen LogP) is 3.64. The van der Waals surface area contributed by atoms with Gasteiger partial charge in [-0.2, -0.15) is 0 Å². The van der Waals surface area contributed by atoms with E-state index in [2.05, 4.69) is 6.92 Å². The van der Waals surface area contributed by atoms with E-state index in [1.165, 1.54) is 12.8 Å². The maximum absolute atomic E-state index is 11.2. The van der Waals surface area contributed by atoms with Gasteiger partial charge in [0.1, 0.15) is 0 Å². The van der Waals surface area contributed by atoms with Gasteiger partial charge in [0.15, 0.2) is 0 Å². The fourth-order valence-corrected chi connectivity index (χ4v) is 4.04. The smallest absolute Gasteiger partial charge is 0.336 e. The highest BCUT2D eigenvalue weighted by Gasteiger charge is 2.23. The lowest BCUT2D eigenvalue weighted by Crippen LogP contribution is -2.16. The highest BCUT2D eigenvalue weighted by atomic mass is 32.2. The van der Waals surface area contributed by atoms with Crippen LogP contribution in [-0.4, -0.2) is 16.3 Å². The number of benzene rings is 1. The minimum Gasteiger partial charge on any atom is -0.478 e. The zero-order valence-electron chi connectivity index (χ0n) is 10.6. The molecule has 2 unspecified atom stereocenters. The molecule has 18 heavy (non-hydrogen) atoms. The first-order valence-corrected chi connectivity index (χ1v) is 7.24. The molecule has 0 radical (unpaired) electrons. The Kier molecular flexibility index (Phi) is 4.17. The molecule has 0 heterocycles. The first-order valence-electron chi connectivity index (χ1n) is 6.36. The molecule has 98 valence electrons. The number of hydrogen-bond donors (Lipinski definition) is 2. The van der Waals surface area contributed by atoms with E-state index < -0.39 is 5.97 Å². The minimum absolute atomic E-state index is 0.332. The number of aromatic carboxylic acids is 1. The van der Waals surface area contributed by atoms with E-state index in [1.807, 2.05) is 0 Å². The molecule has 1 saturated carbocycles. The summed E-state index contributed by atoms with van der Waals surface area (Å²) in [5.74, 6) is -0.164. The van der Waals surface area contributed by atoms with Gasteiger partial charge >= 0.3 is 5.97 Å². The minimum atomic E-state index is -0.895. The van der Waals surface area contributed by atoms with E-state index in [-0.39, 0.29) is 0 Å². The fraction of sp³-hybridized carbons (Fsp3) is 0.500. The summed E-state index contributed by atoms with van der Waals surface area (Å²) in [5, 5.41) is 9.70. The summed E-state index contributed by atoms with van der Waals surface area (Å²) in [7, 11) is 0. The molecule has 0 aliphatic heterocycles. The zero-order chi connectivity index (χ0) is 13.1. The third kappa shape index (κ3) is 2.99. The quantitative estimate of drug-likeness (QED) is 0.819. The van der Waals surface area contributed by atoms with Crippen LogP contribution in [0.25, 0.3) is 0 Å². The van der Waals surface area contributed by atoms with Crippen molar-refractivity contribution in [2.75, 3.05) is 5.73 Å². The average Bonchev–Trinajstić information content (AvgIpc) is 2.31. The van der Waals surface area contributed by atoms with Crippen molar-refractivity contribution in [3.8, 4) is 0 Å². The second-order valence-corrected chi connectivity index (χ2v) is 6.35. The van der Waals surface area contributed by atoms with Gasteiger partial charge in [0.05, 0.1) is 5.56 Å². The second-order valence-electron chi connectivity index (χ2n) is 5.04. The number of carboxylic acids is 1. The standard InChI is InChI=1S/C14H19NO2S/c1-9-4-2-5-10(8-9)18-13-11(14(16)17)6-3-7-12(13)15/h3,6-7,9-10H,2,4-5,8,15H2,1H3,(H,16,17). The topological polar surface area (TPSA) is 63.3 Å². The van der Waals surface area contributed by atoms with Crippen molar-refractivity contribution in [1.29, 1.82) is 0 Å². The maximum atomic E-state index is 11.2. The van der Waals surface area contributed by atoms with Gasteiger partial charge in [0.2, 0.25) is 0 Å². The van der Waals surface area contributed by atoms with Crippen molar-refractivity contribution in [3.05, 3.63) is 23.8 Å². The normalized spacial score (nSPS) is 23.8. The van der Waals surface area contributed by atoms with Crippen molar-refractivity contribution < 1.29 is 9.90 Å². The van der Waals surface area contributed by atoms with Crippen molar-refractivity contribution in [2.24, 2.45) is 5.92 Å². The Morgan fingerprint density at radius 2 is 2.22 bits per heavy atom. The van der Waals surface area contributed by atoms with Crippen LogP contribution in [0, 0.1) is 5.92 Å². The Labute approximate surface area is 112 Å². The average molecular weight is 265 g/mol. The molecule has 2 rings (SSSR count). The molecule has 0 bridgehead atoms. The van der Waals surface area contributed by atoms with Crippen LogP contribution in [0.15, 0.2) is 23.1 Å². The van der Waals surface area contributed by atoms with Crippen LogP contribution < -0.4 is 5.73 Å². The molecular weight excluding hydrogens is 246 g/mol. The number of anilines is 1. The molecule has 2 atom stereocenters. The molecular formula is C14H19NO2S. The van der Waals surface area contributed by atoms with Crippen molar-refractivity contribution in [3.63, 3.8) is 0 Å². The van der Waals surface area contributed by atoms with Crippen LogP contribution in [0.5, 0.6) is 0 Å². The number of rotatable bonds is 3. The van der Waals surface area contributed by atoms with Crippen LogP contribution >= 0.6 is 11.8 Å². The van der Waals surface area contributed by atoms with Crippen molar-refractivity contribution in [1.82, 2.24) is 0 Å². The summed E-state index contributed by atoms with van der Waals surface area (Å²) in [5.41, 5.74) is 6.84. The number of carboxylic acid groups (broad SMARTS) is 1. The predicted molar refractivity (Wildman–Crippen MR) is 75.1 cm³/mol. The maximum Gasteiger partial charge on any atom is 0.336 e. The van der Waals surface area contributed by atoms with Crippen molar-refractivity contribution in [2.45, 2.75) is 42.8 Å². The van der Waals surface area contributed by atoms with Gasteiger partial charge in [-0.1, -0.05) is 25.8 Å². The lowest BCUT2D eigenvalue weighted by Gasteiger charge is -2.27. The van der Waals surface area contributed by atoms with E-state index in [0.29, 0.717) is 16.5 Å². The van der Waals surface area contributed by atoms with Gasteiger partial charge in [0, 0.05) is 15.8 Å². The molecule has 0 aromatic heterocycles. The first-order chi connectivity index (χ1) is 8.58. The Bertz CT molecular complexity index is 447. The van der Waals surface area contributed by atoms with Crippen LogP contribution in [0.2, 0.25) is 0 Å². The highest BCUT2D eigenvalue weighted by Crippen LogP contribution is 2.39. The third-order valence-electron chi connectivity index (χ3n) is 3.45. The van der Waals surface area contributed by atoms with Crippen LogP contribution in [0.1, 0.15) is 43.0 Å². The lowest BCUT2D eigenvalue weighted by molar-refractivity contribution is 0.0693. The van der Waals surface area contributed by atoms with Crippen LogP contribution in [0.3, 0.4) is 0 Å². The second kappa shape index (κ2) is 5.65. The molecule has 0 spiro atoms. The van der Waals surface area contributed by atoms with Crippen LogP contribution in [-0.2, 0) is 0 Å². The van der Waals surface area contributed by atoms with Gasteiger partial charge in [0.25, 0.3) is 0 Å². The van der Waals surface area contributed by atoms with E-state index >= 15 is 0 Å². The molecule has 0 amide bonds. The van der Waals surface area contributed by atoms with Gasteiger partial charge in [-0.25, -0.2) is 4.79 Å². The Hall–Kier alpha value is -1.16. The lowest BCUT2D eigenvalue weighted by atomic mass is 9.91. The van der Waals surface area contributed by atoms with Crippen molar-refractivity contribution >= 4 is 23.4 Å². The monoisotopic (exact) mass is 265 g/mol. The molecule has 1 aliphatic carbocycles. The molecule has 3 nitrogen and oxygen atoms in total. The molecule has 1 aromatic carbocycles. The number of nitrogen functional groups attached to an aromatic ring is 1. The van der Waals surface area contributed by atoms with E-state index in [9.17, 15) is 9.90 Å². The third-order valence-corrected chi connectivity index (χ3v) is 4.90. The zero-order valence-corrected chi connectivity index (χ0v) is 11.4. The molecule has 0 saturated heterocycles. The molecule has 4 heteroatoms. The van der Waals surface area contributed by atoms with E-state index in [4.69, 9.17) is 5.73 Å². The molecule has 1 fully saturated rings. The first kappa shape index (κ1) is 13.3. The fourth-order valence-electron chi connectivity index (χ4n) is 2.51. The summed E-state index contributed by atoms with van der Waals surface area (Å²) in [4.78, 5) is 12.0. The summed E-state index contributed by atoms with van der Waals surface area (Å²) in [6, 6.07) is 5.11. The van der Waals surface area contributed by atoms with Gasteiger partial charge in [-0.3, -0.25) is 0 Å². The number of thioether (sulfide) groups is 1. The molecule has 1 aromatic rings.